The van der Waals surface area contributed by atoms with E-state index in [0.717, 1.165) is 24.1 Å². The average molecular weight is 253 g/mol. The zero-order chi connectivity index (χ0) is 12.1. The van der Waals surface area contributed by atoms with Crippen LogP contribution in [0.5, 0.6) is 0 Å². The van der Waals surface area contributed by atoms with Crippen LogP contribution >= 0.6 is 11.3 Å². The molecule has 1 aromatic heterocycles. The Labute approximate surface area is 108 Å². The lowest BCUT2D eigenvalue weighted by atomic mass is 10.0. The lowest BCUT2D eigenvalue weighted by Gasteiger charge is -2.32. The number of hydrogen-bond acceptors (Lipinski definition) is 4. The fourth-order valence-electron chi connectivity index (χ4n) is 2.48. The molecule has 0 radical (unpaired) electrons. The summed E-state index contributed by atoms with van der Waals surface area (Å²) in [5, 5.41) is 4.69. The van der Waals surface area contributed by atoms with Gasteiger partial charge in [-0.2, -0.15) is 0 Å². The molecule has 3 nitrogen and oxygen atoms in total. The molecule has 1 atom stereocenters. The quantitative estimate of drug-likeness (QED) is 0.817. The van der Waals surface area contributed by atoms with Gasteiger partial charge in [-0.3, -0.25) is 0 Å². The van der Waals surface area contributed by atoms with Gasteiger partial charge < -0.3 is 10.2 Å². The van der Waals surface area contributed by atoms with E-state index < -0.39 is 0 Å². The monoisotopic (exact) mass is 253 g/mol. The molecular weight excluding hydrogens is 230 g/mol. The first kappa shape index (κ1) is 13.0. The zero-order valence-corrected chi connectivity index (χ0v) is 11.7. The summed E-state index contributed by atoms with van der Waals surface area (Å²) in [4.78, 5) is 8.13. The van der Waals surface area contributed by atoms with Crippen molar-refractivity contribution in [3.8, 4) is 0 Å². The first-order valence-electron chi connectivity index (χ1n) is 6.58. The van der Waals surface area contributed by atoms with Gasteiger partial charge in [-0.1, -0.05) is 6.42 Å². The molecule has 4 heteroatoms. The van der Waals surface area contributed by atoms with E-state index in [2.05, 4.69) is 29.2 Å². The molecule has 0 saturated carbocycles. The Hall–Kier alpha value is -0.450. The summed E-state index contributed by atoms with van der Waals surface area (Å²) in [6, 6.07) is 0.791. The number of aromatic nitrogens is 1. The van der Waals surface area contributed by atoms with Crippen LogP contribution in [0.1, 0.15) is 35.6 Å². The Morgan fingerprint density at radius 1 is 1.53 bits per heavy atom. The van der Waals surface area contributed by atoms with Gasteiger partial charge in [0, 0.05) is 23.7 Å². The summed E-state index contributed by atoms with van der Waals surface area (Å²) >= 11 is 1.79. The second-order valence-electron chi connectivity index (χ2n) is 4.94. The first-order valence-corrected chi connectivity index (χ1v) is 7.39. The fraction of sp³-hybridized carbons (Fsp3) is 0.769. The number of nitrogens with zero attached hydrogens (tertiary/aromatic N) is 2. The van der Waals surface area contributed by atoms with Crippen molar-refractivity contribution >= 4 is 11.3 Å². The van der Waals surface area contributed by atoms with E-state index in [9.17, 15) is 0 Å². The van der Waals surface area contributed by atoms with E-state index in [4.69, 9.17) is 0 Å². The molecule has 1 fully saturated rings. The summed E-state index contributed by atoms with van der Waals surface area (Å²) in [7, 11) is 2.26. The number of rotatable bonds is 5. The number of aryl methyl sites for hydroxylation is 1. The number of piperidine rings is 1. The molecule has 0 aromatic carbocycles. The molecular formula is C13H23N3S. The average Bonchev–Trinajstić information content (AvgIpc) is 2.73. The standard InChI is InChI=1S/C13H23N3S/c1-11-15-10-13(17-11)9-14-7-6-12-5-3-4-8-16(12)2/h10,12,14H,3-9H2,1-2H3. The van der Waals surface area contributed by atoms with Crippen LogP contribution in [0.15, 0.2) is 6.20 Å². The van der Waals surface area contributed by atoms with Gasteiger partial charge in [-0.05, 0) is 46.3 Å². The molecule has 96 valence electrons. The molecule has 0 amide bonds. The van der Waals surface area contributed by atoms with Gasteiger partial charge in [-0.15, -0.1) is 11.3 Å². The molecule has 1 saturated heterocycles. The van der Waals surface area contributed by atoms with Crippen LogP contribution in [-0.2, 0) is 6.54 Å². The Morgan fingerprint density at radius 3 is 3.12 bits per heavy atom. The number of nitrogens with one attached hydrogen (secondary N) is 1. The van der Waals surface area contributed by atoms with Crippen molar-refractivity contribution in [3.63, 3.8) is 0 Å². The third-order valence-corrected chi connectivity index (χ3v) is 4.46. The summed E-state index contributed by atoms with van der Waals surface area (Å²) in [5.41, 5.74) is 0. The topological polar surface area (TPSA) is 28.2 Å². The minimum atomic E-state index is 0.791. The van der Waals surface area contributed by atoms with Crippen LogP contribution in [0, 0.1) is 6.92 Å². The summed E-state index contributed by atoms with van der Waals surface area (Å²) in [6.45, 7) is 5.43. The predicted octanol–water partition coefficient (Wildman–Crippen LogP) is 2.42. The van der Waals surface area contributed by atoms with Crippen molar-refractivity contribution in [1.82, 2.24) is 15.2 Å². The SMILES string of the molecule is Cc1ncc(CNCCC2CCCCN2C)s1. The maximum Gasteiger partial charge on any atom is 0.0897 e. The van der Waals surface area contributed by atoms with Crippen LogP contribution in [-0.4, -0.2) is 36.1 Å². The molecule has 0 bridgehead atoms. The second-order valence-corrected chi connectivity index (χ2v) is 6.26. The van der Waals surface area contributed by atoms with E-state index in [1.165, 1.54) is 37.1 Å². The van der Waals surface area contributed by atoms with Crippen molar-refractivity contribution in [1.29, 1.82) is 0 Å². The third kappa shape index (κ3) is 4.05. The minimum absolute atomic E-state index is 0.791. The molecule has 17 heavy (non-hydrogen) atoms. The first-order chi connectivity index (χ1) is 8.25. The van der Waals surface area contributed by atoms with Gasteiger partial charge in [0.25, 0.3) is 0 Å². The van der Waals surface area contributed by atoms with Crippen molar-refractivity contribution in [2.45, 2.75) is 45.2 Å². The highest BCUT2D eigenvalue weighted by molar-refractivity contribution is 7.11. The number of hydrogen-bond donors (Lipinski definition) is 1. The van der Waals surface area contributed by atoms with Gasteiger partial charge in [0.2, 0.25) is 0 Å². The van der Waals surface area contributed by atoms with Crippen LogP contribution in [0.25, 0.3) is 0 Å². The number of likely N-dealkylation sites (tertiary alicyclic amines) is 1. The van der Waals surface area contributed by atoms with Crippen molar-refractivity contribution in [2.24, 2.45) is 0 Å². The minimum Gasteiger partial charge on any atom is -0.312 e. The van der Waals surface area contributed by atoms with Crippen molar-refractivity contribution in [3.05, 3.63) is 16.1 Å². The predicted molar refractivity (Wildman–Crippen MR) is 73.4 cm³/mol. The molecule has 0 aliphatic carbocycles. The molecule has 1 N–H and O–H groups in total. The number of thiazole rings is 1. The highest BCUT2D eigenvalue weighted by atomic mass is 32.1. The Morgan fingerprint density at radius 2 is 2.41 bits per heavy atom. The van der Waals surface area contributed by atoms with Crippen LogP contribution in [0.3, 0.4) is 0 Å². The van der Waals surface area contributed by atoms with Gasteiger partial charge in [0.15, 0.2) is 0 Å². The highest BCUT2D eigenvalue weighted by Gasteiger charge is 2.17. The Balaban J connectivity index is 1.62. The van der Waals surface area contributed by atoms with E-state index >= 15 is 0 Å². The summed E-state index contributed by atoms with van der Waals surface area (Å²) < 4.78 is 0. The van der Waals surface area contributed by atoms with Crippen LogP contribution in [0.2, 0.25) is 0 Å². The van der Waals surface area contributed by atoms with E-state index in [0.29, 0.717) is 0 Å². The zero-order valence-electron chi connectivity index (χ0n) is 10.9. The Kier molecular flexibility index (Phi) is 4.95. The van der Waals surface area contributed by atoms with E-state index in [1.807, 2.05) is 6.20 Å². The van der Waals surface area contributed by atoms with Crippen molar-refractivity contribution in [2.75, 3.05) is 20.1 Å². The Bertz CT molecular complexity index is 337. The van der Waals surface area contributed by atoms with E-state index in [-0.39, 0.29) is 0 Å². The highest BCUT2D eigenvalue weighted by Crippen LogP contribution is 2.17. The molecule has 1 aliphatic heterocycles. The summed E-state index contributed by atoms with van der Waals surface area (Å²) in [6.07, 6.45) is 7.41. The maximum absolute atomic E-state index is 4.27. The molecule has 2 rings (SSSR count). The van der Waals surface area contributed by atoms with Gasteiger partial charge >= 0.3 is 0 Å². The molecule has 1 unspecified atom stereocenters. The van der Waals surface area contributed by atoms with Gasteiger partial charge in [0.1, 0.15) is 0 Å². The molecule has 0 spiro atoms. The largest absolute Gasteiger partial charge is 0.312 e. The van der Waals surface area contributed by atoms with Gasteiger partial charge in [0.05, 0.1) is 5.01 Å². The lowest BCUT2D eigenvalue weighted by Crippen LogP contribution is -2.38. The lowest BCUT2D eigenvalue weighted by molar-refractivity contribution is 0.175. The third-order valence-electron chi connectivity index (χ3n) is 3.54. The molecule has 2 heterocycles. The smallest absolute Gasteiger partial charge is 0.0897 e. The maximum atomic E-state index is 4.27. The van der Waals surface area contributed by atoms with E-state index in [1.54, 1.807) is 11.3 Å². The second kappa shape index (κ2) is 6.47. The van der Waals surface area contributed by atoms with Gasteiger partial charge in [-0.25, -0.2) is 4.98 Å². The van der Waals surface area contributed by atoms with Crippen molar-refractivity contribution < 1.29 is 0 Å². The fourth-order valence-corrected chi connectivity index (χ4v) is 3.24. The van der Waals surface area contributed by atoms with Crippen LogP contribution in [0.4, 0.5) is 0 Å². The molecule has 1 aliphatic rings. The van der Waals surface area contributed by atoms with Crippen LogP contribution < -0.4 is 5.32 Å². The summed E-state index contributed by atoms with van der Waals surface area (Å²) in [5.74, 6) is 0. The normalized spacial score (nSPS) is 21.9. The molecule has 1 aromatic rings.